The number of rotatable bonds is 4. The highest BCUT2D eigenvalue weighted by Gasteiger charge is 2.25. The van der Waals surface area contributed by atoms with Gasteiger partial charge in [-0.2, -0.15) is 0 Å². The standard InChI is InChI=1S/C25H29N3/c1-17(18-7-3-2-4-8-18)27-24-11-5-10-21-22-15-19(20-9-6-14-26-16-20)12-13-23(22)28-25(21)24/h2-4,7-9,12-13,15,17,24,26-28H,5-6,10-11,14,16H2,1H3/t17-,24-/m1/s1. The summed E-state index contributed by atoms with van der Waals surface area (Å²) in [7, 11) is 0. The van der Waals surface area contributed by atoms with E-state index in [2.05, 4.69) is 77.1 Å². The Morgan fingerprint density at radius 1 is 1.11 bits per heavy atom. The molecular formula is C25H29N3. The van der Waals surface area contributed by atoms with E-state index in [9.17, 15) is 0 Å². The van der Waals surface area contributed by atoms with Crippen LogP contribution >= 0.6 is 0 Å². The van der Waals surface area contributed by atoms with Crippen LogP contribution in [0.1, 0.15) is 60.7 Å². The first kappa shape index (κ1) is 17.7. The Balaban J connectivity index is 1.47. The largest absolute Gasteiger partial charge is 0.357 e. The zero-order valence-electron chi connectivity index (χ0n) is 16.6. The summed E-state index contributed by atoms with van der Waals surface area (Å²) in [6.45, 7) is 4.35. The molecule has 2 atom stereocenters. The quantitative estimate of drug-likeness (QED) is 0.584. The Bertz CT molecular complexity index is 999. The van der Waals surface area contributed by atoms with E-state index in [4.69, 9.17) is 0 Å². The lowest BCUT2D eigenvalue weighted by Crippen LogP contribution is -2.27. The Morgan fingerprint density at radius 2 is 2.00 bits per heavy atom. The molecule has 0 amide bonds. The minimum absolute atomic E-state index is 0.345. The van der Waals surface area contributed by atoms with E-state index in [1.165, 1.54) is 58.1 Å². The lowest BCUT2D eigenvalue weighted by Gasteiger charge is -2.27. The Labute approximate surface area is 167 Å². The predicted molar refractivity (Wildman–Crippen MR) is 117 cm³/mol. The highest BCUT2D eigenvalue weighted by molar-refractivity contribution is 5.89. The van der Waals surface area contributed by atoms with Crippen LogP contribution in [0.5, 0.6) is 0 Å². The molecule has 5 rings (SSSR count). The van der Waals surface area contributed by atoms with Gasteiger partial charge >= 0.3 is 0 Å². The maximum atomic E-state index is 3.88. The number of H-pyrrole nitrogens is 1. The second kappa shape index (κ2) is 7.57. The van der Waals surface area contributed by atoms with Crippen molar-refractivity contribution < 1.29 is 0 Å². The molecule has 3 N–H and O–H groups in total. The molecule has 0 unspecified atom stereocenters. The van der Waals surface area contributed by atoms with Gasteiger partial charge in [0.15, 0.2) is 0 Å². The van der Waals surface area contributed by atoms with Crippen molar-refractivity contribution in [1.82, 2.24) is 15.6 Å². The monoisotopic (exact) mass is 371 g/mol. The highest BCUT2D eigenvalue weighted by atomic mass is 15.0. The third-order valence-electron chi connectivity index (χ3n) is 6.36. The molecule has 0 bridgehead atoms. The topological polar surface area (TPSA) is 39.9 Å². The molecule has 144 valence electrons. The minimum atomic E-state index is 0.345. The van der Waals surface area contributed by atoms with Crippen molar-refractivity contribution in [1.29, 1.82) is 0 Å². The summed E-state index contributed by atoms with van der Waals surface area (Å²) >= 11 is 0. The van der Waals surface area contributed by atoms with Crippen LogP contribution in [0.2, 0.25) is 0 Å². The molecule has 0 radical (unpaired) electrons. The third-order valence-corrected chi connectivity index (χ3v) is 6.36. The van der Waals surface area contributed by atoms with Gasteiger partial charge in [0.25, 0.3) is 0 Å². The van der Waals surface area contributed by atoms with E-state index >= 15 is 0 Å². The van der Waals surface area contributed by atoms with E-state index in [-0.39, 0.29) is 0 Å². The summed E-state index contributed by atoms with van der Waals surface area (Å²) in [5.74, 6) is 0. The second-order valence-electron chi connectivity index (χ2n) is 8.22. The molecule has 2 aromatic carbocycles. The van der Waals surface area contributed by atoms with Crippen LogP contribution in [0.25, 0.3) is 16.5 Å². The zero-order chi connectivity index (χ0) is 18.9. The van der Waals surface area contributed by atoms with Gasteiger partial charge in [-0.15, -0.1) is 0 Å². The van der Waals surface area contributed by atoms with Crippen molar-refractivity contribution in [3.63, 3.8) is 0 Å². The molecule has 3 aromatic rings. The number of aromatic nitrogens is 1. The van der Waals surface area contributed by atoms with Crippen LogP contribution in [0.15, 0.2) is 54.6 Å². The molecular weight excluding hydrogens is 342 g/mol. The molecule has 2 heterocycles. The lowest BCUT2D eigenvalue weighted by atomic mass is 9.90. The number of aryl methyl sites for hydroxylation is 1. The van der Waals surface area contributed by atoms with Crippen LogP contribution in [0.4, 0.5) is 0 Å². The minimum Gasteiger partial charge on any atom is -0.357 e. The predicted octanol–water partition coefficient (Wildman–Crippen LogP) is 5.27. The zero-order valence-corrected chi connectivity index (χ0v) is 16.6. The van der Waals surface area contributed by atoms with E-state index in [0.717, 1.165) is 19.5 Å². The maximum absolute atomic E-state index is 3.88. The average molecular weight is 372 g/mol. The highest BCUT2D eigenvalue weighted by Crippen LogP contribution is 2.37. The van der Waals surface area contributed by atoms with Gasteiger partial charge in [0.2, 0.25) is 0 Å². The molecule has 3 heteroatoms. The Hall–Kier alpha value is -2.36. The second-order valence-corrected chi connectivity index (χ2v) is 8.22. The van der Waals surface area contributed by atoms with Crippen LogP contribution < -0.4 is 10.6 Å². The number of hydrogen-bond donors (Lipinski definition) is 3. The van der Waals surface area contributed by atoms with Gasteiger partial charge in [0, 0.05) is 35.2 Å². The fraction of sp³-hybridized carbons (Fsp3) is 0.360. The van der Waals surface area contributed by atoms with Crippen LogP contribution in [0.3, 0.4) is 0 Å². The molecule has 1 aromatic heterocycles. The van der Waals surface area contributed by atoms with Crippen molar-refractivity contribution in [2.45, 2.75) is 44.7 Å². The Kier molecular flexibility index (Phi) is 4.79. The average Bonchev–Trinajstić information content (AvgIpc) is 3.14. The van der Waals surface area contributed by atoms with Crippen LogP contribution in [0, 0.1) is 0 Å². The first-order chi connectivity index (χ1) is 13.8. The van der Waals surface area contributed by atoms with Gasteiger partial charge in [0.1, 0.15) is 0 Å². The summed E-state index contributed by atoms with van der Waals surface area (Å²) in [6, 6.07) is 18.5. The van der Waals surface area contributed by atoms with E-state index in [1.54, 1.807) is 0 Å². The van der Waals surface area contributed by atoms with Gasteiger partial charge in [0.05, 0.1) is 0 Å². The SMILES string of the molecule is C[C@@H](N[C@@H]1CCCc2c1[nH]c1ccc(C3=CCCNC3)cc21)c1ccccc1. The molecule has 0 saturated carbocycles. The number of aromatic amines is 1. The molecule has 0 saturated heterocycles. The first-order valence-corrected chi connectivity index (χ1v) is 10.7. The van der Waals surface area contributed by atoms with Gasteiger partial charge in [-0.1, -0.05) is 42.5 Å². The fourth-order valence-corrected chi connectivity index (χ4v) is 4.83. The molecule has 2 aliphatic rings. The maximum Gasteiger partial charge on any atom is 0.0480 e. The van der Waals surface area contributed by atoms with Gasteiger partial charge in [-0.3, -0.25) is 0 Å². The summed E-state index contributed by atoms with van der Waals surface area (Å²) in [5.41, 5.74) is 8.35. The smallest absolute Gasteiger partial charge is 0.0480 e. The molecule has 1 aliphatic heterocycles. The lowest BCUT2D eigenvalue weighted by molar-refractivity contribution is 0.410. The normalized spacial score (nSPS) is 20.6. The van der Waals surface area contributed by atoms with Gasteiger partial charge < -0.3 is 15.6 Å². The summed E-state index contributed by atoms with van der Waals surface area (Å²) in [6.07, 6.45) is 7.13. The molecule has 3 nitrogen and oxygen atoms in total. The molecule has 28 heavy (non-hydrogen) atoms. The van der Waals surface area contributed by atoms with Crippen molar-refractivity contribution in [2.24, 2.45) is 0 Å². The molecule has 1 aliphatic carbocycles. The Morgan fingerprint density at radius 3 is 2.82 bits per heavy atom. The van der Waals surface area contributed by atoms with Crippen LogP contribution in [-0.2, 0) is 6.42 Å². The first-order valence-electron chi connectivity index (χ1n) is 10.7. The van der Waals surface area contributed by atoms with E-state index < -0.39 is 0 Å². The van der Waals surface area contributed by atoms with Crippen LogP contribution in [-0.4, -0.2) is 18.1 Å². The summed E-state index contributed by atoms with van der Waals surface area (Å²) in [4.78, 5) is 3.76. The number of fused-ring (bicyclic) bond motifs is 3. The number of nitrogens with one attached hydrogen (secondary N) is 3. The fourth-order valence-electron chi connectivity index (χ4n) is 4.83. The van der Waals surface area contributed by atoms with Gasteiger partial charge in [-0.05, 0) is 73.5 Å². The summed E-state index contributed by atoms with van der Waals surface area (Å²) in [5, 5.41) is 8.79. The van der Waals surface area contributed by atoms with Gasteiger partial charge in [-0.25, -0.2) is 0 Å². The molecule has 0 spiro atoms. The number of benzene rings is 2. The van der Waals surface area contributed by atoms with Crippen molar-refractivity contribution in [3.05, 3.63) is 77.0 Å². The molecule has 0 fully saturated rings. The van der Waals surface area contributed by atoms with Crippen molar-refractivity contribution >= 4 is 16.5 Å². The van der Waals surface area contributed by atoms with Crippen molar-refractivity contribution in [2.75, 3.05) is 13.1 Å². The van der Waals surface area contributed by atoms with E-state index in [1.807, 2.05) is 0 Å². The number of hydrogen-bond acceptors (Lipinski definition) is 2. The van der Waals surface area contributed by atoms with E-state index in [0.29, 0.717) is 12.1 Å². The third kappa shape index (κ3) is 3.30. The van der Waals surface area contributed by atoms with Crippen molar-refractivity contribution in [3.8, 4) is 0 Å². The summed E-state index contributed by atoms with van der Waals surface area (Å²) < 4.78 is 0.